The van der Waals surface area contributed by atoms with Crippen LogP contribution in [0.3, 0.4) is 0 Å². The van der Waals surface area contributed by atoms with E-state index in [0.29, 0.717) is 21.6 Å². The molecule has 1 aromatic carbocycles. The third-order valence-electron chi connectivity index (χ3n) is 5.03. The molecule has 4 rings (SSSR count). The number of halogens is 1. The SMILES string of the molecule is C[C@@]1(O)[C@@H]([C@H](O)c2ccc(Cl)cc2)O[C@@H](n2ccc3c(=O)nc[nH]c32)[C@@H]1O. The van der Waals surface area contributed by atoms with Crippen LogP contribution in [0.25, 0.3) is 11.0 Å². The molecule has 0 bridgehead atoms. The van der Waals surface area contributed by atoms with Crippen molar-refractivity contribution in [3.8, 4) is 0 Å². The maximum absolute atomic E-state index is 11.9. The molecule has 0 radical (unpaired) electrons. The average molecular weight is 392 g/mol. The summed E-state index contributed by atoms with van der Waals surface area (Å²) >= 11 is 5.87. The second kappa shape index (κ2) is 6.43. The van der Waals surface area contributed by atoms with Crippen LogP contribution in [-0.4, -0.2) is 47.7 Å². The van der Waals surface area contributed by atoms with Crippen molar-refractivity contribution >= 4 is 22.6 Å². The van der Waals surface area contributed by atoms with Crippen LogP contribution in [0.5, 0.6) is 0 Å². The first-order chi connectivity index (χ1) is 12.8. The number of benzene rings is 1. The van der Waals surface area contributed by atoms with Gasteiger partial charge in [0.25, 0.3) is 5.56 Å². The van der Waals surface area contributed by atoms with Gasteiger partial charge in [-0.05, 0) is 30.7 Å². The normalized spacial score (nSPS) is 29.3. The fraction of sp³-hybridized carbons (Fsp3) is 0.333. The molecule has 5 atom stereocenters. The summed E-state index contributed by atoms with van der Waals surface area (Å²) in [5.74, 6) is 0. The number of rotatable bonds is 3. The highest BCUT2D eigenvalue weighted by molar-refractivity contribution is 6.30. The molecule has 0 unspecified atom stereocenters. The Labute approximate surface area is 158 Å². The molecule has 2 aromatic heterocycles. The number of nitrogens with zero attached hydrogens (tertiary/aromatic N) is 2. The summed E-state index contributed by atoms with van der Waals surface area (Å²) in [4.78, 5) is 18.4. The molecule has 1 aliphatic rings. The van der Waals surface area contributed by atoms with Gasteiger partial charge < -0.3 is 29.6 Å². The fourth-order valence-electron chi connectivity index (χ4n) is 3.47. The molecule has 4 N–H and O–H groups in total. The average Bonchev–Trinajstić information content (AvgIpc) is 3.16. The van der Waals surface area contributed by atoms with Crippen molar-refractivity contribution < 1.29 is 20.1 Å². The lowest BCUT2D eigenvalue weighted by atomic mass is 9.88. The molecule has 0 aliphatic carbocycles. The van der Waals surface area contributed by atoms with Crippen molar-refractivity contribution in [2.75, 3.05) is 0 Å². The summed E-state index contributed by atoms with van der Waals surface area (Å²) in [6.07, 6.45) is -1.85. The molecule has 1 aliphatic heterocycles. The van der Waals surface area contributed by atoms with Gasteiger partial charge in [0.1, 0.15) is 29.6 Å². The Kier molecular flexibility index (Phi) is 4.32. The number of hydrogen-bond donors (Lipinski definition) is 4. The number of hydrogen-bond acceptors (Lipinski definition) is 6. The summed E-state index contributed by atoms with van der Waals surface area (Å²) < 4.78 is 7.37. The van der Waals surface area contributed by atoms with Crippen LogP contribution >= 0.6 is 11.6 Å². The predicted molar refractivity (Wildman–Crippen MR) is 97.3 cm³/mol. The van der Waals surface area contributed by atoms with E-state index in [4.69, 9.17) is 16.3 Å². The van der Waals surface area contributed by atoms with E-state index in [0.717, 1.165) is 0 Å². The zero-order valence-electron chi connectivity index (χ0n) is 14.3. The number of nitrogens with one attached hydrogen (secondary N) is 1. The van der Waals surface area contributed by atoms with Crippen LogP contribution in [0.4, 0.5) is 0 Å². The number of aliphatic hydroxyl groups is 3. The van der Waals surface area contributed by atoms with Gasteiger partial charge in [-0.25, -0.2) is 0 Å². The van der Waals surface area contributed by atoms with E-state index in [9.17, 15) is 20.1 Å². The van der Waals surface area contributed by atoms with Crippen LogP contribution in [0, 0.1) is 0 Å². The second-order valence-electron chi connectivity index (χ2n) is 6.81. The van der Waals surface area contributed by atoms with E-state index in [1.54, 1.807) is 36.5 Å². The molecule has 3 heterocycles. The molecule has 8 nitrogen and oxygen atoms in total. The highest BCUT2D eigenvalue weighted by Gasteiger charge is 2.55. The van der Waals surface area contributed by atoms with Gasteiger partial charge in [0.2, 0.25) is 0 Å². The highest BCUT2D eigenvalue weighted by Crippen LogP contribution is 2.43. The summed E-state index contributed by atoms with van der Waals surface area (Å²) in [7, 11) is 0. The molecule has 3 aromatic rings. The van der Waals surface area contributed by atoms with Crippen molar-refractivity contribution in [1.29, 1.82) is 0 Å². The molecule has 0 saturated carbocycles. The summed E-state index contributed by atoms with van der Waals surface area (Å²) in [5.41, 5.74) is -1.27. The Balaban J connectivity index is 1.71. The monoisotopic (exact) mass is 391 g/mol. The van der Waals surface area contributed by atoms with Crippen LogP contribution in [0.2, 0.25) is 5.02 Å². The van der Waals surface area contributed by atoms with E-state index in [2.05, 4.69) is 9.97 Å². The van der Waals surface area contributed by atoms with Gasteiger partial charge in [-0.3, -0.25) is 4.79 Å². The number of aromatic amines is 1. The van der Waals surface area contributed by atoms with E-state index in [1.807, 2.05) is 0 Å². The Morgan fingerprint density at radius 2 is 2.04 bits per heavy atom. The third kappa shape index (κ3) is 2.86. The fourth-order valence-corrected chi connectivity index (χ4v) is 3.60. The quantitative estimate of drug-likeness (QED) is 0.531. The lowest BCUT2D eigenvalue weighted by molar-refractivity contribution is -0.115. The van der Waals surface area contributed by atoms with Crippen molar-refractivity contribution in [2.24, 2.45) is 0 Å². The van der Waals surface area contributed by atoms with Crippen LogP contribution in [0.1, 0.15) is 24.8 Å². The van der Waals surface area contributed by atoms with Crippen molar-refractivity contribution in [1.82, 2.24) is 14.5 Å². The molecule has 27 heavy (non-hydrogen) atoms. The van der Waals surface area contributed by atoms with E-state index in [1.165, 1.54) is 17.8 Å². The van der Waals surface area contributed by atoms with Gasteiger partial charge in [0.05, 0.1) is 11.7 Å². The molecule has 142 valence electrons. The topological polar surface area (TPSA) is 121 Å². The Morgan fingerprint density at radius 3 is 2.74 bits per heavy atom. The molecule has 9 heteroatoms. The number of fused-ring (bicyclic) bond motifs is 1. The smallest absolute Gasteiger partial charge is 0.282 e. The third-order valence-corrected chi connectivity index (χ3v) is 5.28. The molecular formula is C18H18ClN3O5. The maximum Gasteiger partial charge on any atom is 0.282 e. The second-order valence-corrected chi connectivity index (χ2v) is 7.24. The Bertz CT molecular complexity index is 1030. The molecule has 1 saturated heterocycles. The molecule has 0 spiro atoms. The zero-order chi connectivity index (χ0) is 19.3. The van der Waals surface area contributed by atoms with Crippen LogP contribution in [-0.2, 0) is 4.74 Å². The number of aromatic nitrogens is 3. The minimum atomic E-state index is -1.74. The van der Waals surface area contributed by atoms with Gasteiger partial charge in [-0.15, -0.1) is 0 Å². The summed E-state index contributed by atoms with van der Waals surface area (Å²) in [5, 5.41) is 33.1. The first kappa shape index (κ1) is 18.1. The minimum absolute atomic E-state index is 0.328. The Morgan fingerprint density at radius 1 is 1.33 bits per heavy atom. The van der Waals surface area contributed by atoms with Gasteiger partial charge in [-0.2, -0.15) is 4.98 Å². The minimum Gasteiger partial charge on any atom is -0.386 e. The molecule has 0 amide bonds. The van der Waals surface area contributed by atoms with Crippen molar-refractivity contribution in [3.05, 3.63) is 63.8 Å². The van der Waals surface area contributed by atoms with E-state index in [-0.39, 0.29) is 0 Å². The summed E-state index contributed by atoms with van der Waals surface area (Å²) in [6.45, 7) is 1.40. The number of ether oxygens (including phenoxy) is 1. The van der Waals surface area contributed by atoms with Crippen molar-refractivity contribution in [2.45, 2.75) is 37.1 Å². The lowest BCUT2D eigenvalue weighted by Crippen LogP contribution is -2.47. The molecular weight excluding hydrogens is 374 g/mol. The summed E-state index contributed by atoms with van der Waals surface area (Å²) in [6, 6.07) is 8.04. The van der Waals surface area contributed by atoms with Crippen LogP contribution in [0.15, 0.2) is 47.7 Å². The zero-order valence-corrected chi connectivity index (χ0v) is 15.0. The molecule has 1 fully saturated rings. The van der Waals surface area contributed by atoms with Gasteiger partial charge >= 0.3 is 0 Å². The van der Waals surface area contributed by atoms with Gasteiger partial charge in [-0.1, -0.05) is 23.7 Å². The first-order valence-electron chi connectivity index (χ1n) is 8.34. The maximum atomic E-state index is 11.9. The lowest BCUT2D eigenvalue weighted by Gasteiger charge is -2.29. The number of aliphatic hydroxyl groups excluding tert-OH is 2. The standard InChI is InChI=1S/C18H18ClN3O5/c1-18(26)13(24)17(22-7-6-11-15(22)20-8-21-16(11)25)27-14(18)12(23)9-2-4-10(19)5-3-9/h2-8,12-14,17,23-24,26H,1H3,(H,20,21,25)/t12-,13+,14-,17-,18+/m1/s1. The van der Waals surface area contributed by atoms with Crippen molar-refractivity contribution in [3.63, 3.8) is 0 Å². The van der Waals surface area contributed by atoms with Gasteiger partial charge in [0, 0.05) is 11.2 Å². The Hall–Kier alpha value is -2.23. The largest absolute Gasteiger partial charge is 0.386 e. The van der Waals surface area contributed by atoms with E-state index < -0.39 is 35.7 Å². The van der Waals surface area contributed by atoms with Gasteiger partial charge in [0.15, 0.2) is 6.23 Å². The predicted octanol–water partition coefficient (Wildman–Crippen LogP) is 1.12. The van der Waals surface area contributed by atoms with E-state index >= 15 is 0 Å². The first-order valence-corrected chi connectivity index (χ1v) is 8.72. The van der Waals surface area contributed by atoms with Crippen LogP contribution < -0.4 is 5.56 Å². The highest BCUT2D eigenvalue weighted by atomic mass is 35.5. The number of H-pyrrole nitrogens is 1.